The maximum Gasteiger partial charge on any atom is 0.0157 e. The Balaban J connectivity index is 1.88. The highest BCUT2D eigenvalue weighted by molar-refractivity contribution is 7.99. The molecule has 1 saturated heterocycles. The van der Waals surface area contributed by atoms with Crippen molar-refractivity contribution in [2.24, 2.45) is 0 Å². The smallest absolute Gasteiger partial charge is 0.0157 e. The highest BCUT2D eigenvalue weighted by atomic mass is 32.2. The molecule has 0 radical (unpaired) electrons. The Morgan fingerprint density at radius 2 is 1.71 bits per heavy atom. The largest absolute Gasteiger partial charge is 0.317 e. The van der Waals surface area contributed by atoms with Crippen molar-refractivity contribution in [1.29, 1.82) is 0 Å². The molecule has 1 aliphatic heterocycles. The van der Waals surface area contributed by atoms with Crippen molar-refractivity contribution >= 4 is 11.8 Å². The van der Waals surface area contributed by atoms with Gasteiger partial charge in [-0.3, -0.25) is 0 Å². The minimum atomic E-state index is 0.709. The monoisotopic (exact) mass is 297 g/mol. The molecule has 0 atom stereocenters. The van der Waals surface area contributed by atoms with Gasteiger partial charge in [0, 0.05) is 9.79 Å². The fourth-order valence-corrected chi connectivity index (χ4v) is 4.17. The number of piperidine rings is 1. The van der Waals surface area contributed by atoms with Crippen molar-refractivity contribution in [2.45, 2.75) is 42.4 Å². The van der Waals surface area contributed by atoms with Crippen LogP contribution in [0.2, 0.25) is 0 Å². The van der Waals surface area contributed by atoms with E-state index in [0.29, 0.717) is 5.92 Å². The van der Waals surface area contributed by atoms with Gasteiger partial charge in [0.2, 0.25) is 0 Å². The molecule has 0 amide bonds. The van der Waals surface area contributed by atoms with E-state index in [0.717, 1.165) is 13.1 Å². The summed E-state index contributed by atoms with van der Waals surface area (Å²) < 4.78 is 0. The topological polar surface area (TPSA) is 12.0 Å². The summed E-state index contributed by atoms with van der Waals surface area (Å²) in [5.41, 5.74) is 4.24. The fourth-order valence-electron chi connectivity index (χ4n) is 3.08. The molecule has 0 aliphatic carbocycles. The van der Waals surface area contributed by atoms with E-state index in [4.69, 9.17) is 0 Å². The van der Waals surface area contributed by atoms with Crippen molar-refractivity contribution in [3.63, 3.8) is 0 Å². The third-order valence-corrected chi connectivity index (χ3v) is 5.52. The average molecular weight is 297 g/mol. The van der Waals surface area contributed by atoms with Crippen LogP contribution >= 0.6 is 11.8 Å². The molecule has 0 spiro atoms. The molecule has 0 saturated carbocycles. The summed E-state index contributed by atoms with van der Waals surface area (Å²) in [6, 6.07) is 15.7. The molecule has 3 rings (SSSR count). The van der Waals surface area contributed by atoms with Crippen molar-refractivity contribution in [2.75, 3.05) is 13.1 Å². The van der Waals surface area contributed by atoms with E-state index in [2.05, 4.69) is 61.6 Å². The predicted octanol–water partition coefficient (Wildman–Crippen LogP) is 4.92. The van der Waals surface area contributed by atoms with Crippen molar-refractivity contribution in [3.05, 3.63) is 59.2 Å². The first-order valence-corrected chi connectivity index (χ1v) is 8.60. The Bertz CT molecular complexity index is 615. The first kappa shape index (κ1) is 14.7. The van der Waals surface area contributed by atoms with Gasteiger partial charge in [0.05, 0.1) is 0 Å². The maximum atomic E-state index is 3.46. The van der Waals surface area contributed by atoms with Gasteiger partial charge in [-0.25, -0.2) is 0 Å². The van der Waals surface area contributed by atoms with Crippen molar-refractivity contribution < 1.29 is 0 Å². The highest BCUT2D eigenvalue weighted by Gasteiger charge is 2.18. The van der Waals surface area contributed by atoms with Crippen LogP contribution in [0.4, 0.5) is 0 Å². The number of hydrogen-bond donors (Lipinski definition) is 1. The Kier molecular flexibility index (Phi) is 4.67. The van der Waals surface area contributed by atoms with E-state index in [-0.39, 0.29) is 0 Å². The SMILES string of the molecule is Cc1ccc(Sc2ccccc2C2CCNCC2)c(C)c1. The Hall–Kier alpha value is -1.25. The van der Waals surface area contributed by atoms with Crippen LogP contribution in [-0.2, 0) is 0 Å². The molecule has 2 heteroatoms. The van der Waals surface area contributed by atoms with Crippen molar-refractivity contribution in [3.8, 4) is 0 Å². The standard InChI is InChI=1S/C19H23NS/c1-14-7-8-18(15(2)13-14)21-19-6-4-3-5-17(19)16-9-11-20-12-10-16/h3-8,13,16,20H,9-12H2,1-2H3. The lowest BCUT2D eigenvalue weighted by Crippen LogP contribution is -2.26. The minimum Gasteiger partial charge on any atom is -0.317 e. The second kappa shape index (κ2) is 6.67. The molecule has 0 aromatic heterocycles. The molecule has 1 N–H and O–H groups in total. The molecule has 1 fully saturated rings. The summed E-state index contributed by atoms with van der Waals surface area (Å²) in [6.07, 6.45) is 2.51. The molecule has 0 bridgehead atoms. The first-order valence-electron chi connectivity index (χ1n) is 7.79. The zero-order valence-corrected chi connectivity index (χ0v) is 13.7. The van der Waals surface area contributed by atoms with Crippen LogP contribution in [0.1, 0.15) is 35.4 Å². The summed E-state index contributed by atoms with van der Waals surface area (Å²) in [5.74, 6) is 0.709. The van der Waals surface area contributed by atoms with Gasteiger partial charge in [0.15, 0.2) is 0 Å². The molecule has 110 valence electrons. The van der Waals surface area contributed by atoms with Gasteiger partial charge in [-0.15, -0.1) is 0 Å². The molecule has 2 aromatic carbocycles. The van der Waals surface area contributed by atoms with E-state index >= 15 is 0 Å². The number of benzene rings is 2. The van der Waals surface area contributed by atoms with Gasteiger partial charge in [0.1, 0.15) is 0 Å². The quantitative estimate of drug-likeness (QED) is 0.863. The summed E-state index contributed by atoms with van der Waals surface area (Å²) >= 11 is 1.92. The predicted molar refractivity (Wildman–Crippen MR) is 91.3 cm³/mol. The lowest BCUT2D eigenvalue weighted by Gasteiger charge is -2.25. The highest BCUT2D eigenvalue weighted by Crippen LogP contribution is 2.38. The summed E-state index contributed by atoms with van der Waals surface area (Å²) in [6.45, 7) is 6.66. The third-order valence-electron chi connectivity index (χ3n) is 4.25. The normalized spacial score (nSPS) is 16.1. The van der Waals surface area contributed by atoms with E-state index in [1.54, 1.807) is 0 Å². The van der Waals surface area contributed by atoms with E-state index < -0.39 is 0 Å². The van der Waals surface area contributed by atoms with Gasteiger partial charge >= 0.3 is 0 Å². The van der Waals surface area contributed by atoms with Crippen LogP contribution in [0.15, 0.2) is 52.3 Å². The minimum absolute atomic E-state index is 0.709. The molecule has 2 aromatic rings. The molecule has 0 unspecified atom stereocenters. The van der Waals surface area contributed by atoms with E-state index in [1.807, 2.05) is 11.8 Å². The lowest BCUT2D eigenvalue weighted by molar-refractivity contribution is 0.456. The second-order valence-electron chi connectivity index (χ2n) is 5.93. The van der Waals surface area contributed by atoms with E-state index in [9.17, 15) is 0 Å². The first-order chi connectivity index (χ1) is 10.2. The van der Waals surface area contributed by atoms with Crippen molar-refractivity contribution in [1.82, 2.24) is 5.32 Å². The van der Waals surface area contributed by atoms with Crippen LogP contribution in [0.3, 0.4) is 0 Å². The van der Waals surface area contributed by atoms with Gasteiger partial charge in [-0.2, -0.15) is 0 Å². The zero-order chi connectivity index (χ0) is 14.7. The Morgan fingerprint density at radius 1 is 0.952 bits per heavy atom. The van der Waals surface area contributed by atoms with Gasteiger partial charge in [0.25, 0.3) is 0 Å². The Morgan fingerprint density at radius 3 is 2.48 bits per heavy atom. The van der Waals surface area contributed by atoms with Crippen LogP contribution < -0.4 is 5.32 Å². The number of rotatable bonds is 3. The molecular weight excluding hydrogens is 274 g/mol. The summed E-state index contributed by atoms with van der Waals surface area (Å²) in [5, 5.41) is 3.46. The third kappa shape index (κ3) is 3.50. The van der Waals surface area contributed by atoms with Gasteiger partial charge in [-0.05, 0) is 69.0 Å². The Labute approximate surface area is 132 Å². The lowest BCUT2D eigenvalue weighted by atomic mass is 9.90. The van der Waals surface area contributed by atoms with Crippen LogP contribution in [0, 0.1) is 13.8 Å². The summed E-state index contributed by atoms with van der Waals surface area (Å²) in [7, 11) is 0. The summed E-state index contributed by atoms with van der Waals surface area (Å²) in [4.78, 5) is 2.80. The van der Waals surface area contributed by atoms with Gasteiger partial charge < -0.3 is 5.32 Å². The molecular formula is C19H23NS. The van der Waals surface area contributed by atoms with Crippen LogP contribution in [-0.4, -0.2) is 13.1 Å². The van der Waals surface area contributed by atoms with Crippen LogP contribution in [0.25, 0.3) is 0 Å². The molecule has 1 heterocycles. The van der Waals surface area contributed by atoms with Gasteiger partial charge in [-0.1, -0.05) is 47.7 Å². The van der Waals surface area contributed by atoms with E-state index in [1.165, 1.54) is 39.3 Å². The molecule has 21 heavy (non-hydrogen) atoms. The molecule has 1 nitrogen and oxygen atoms in total. The second-order valence-corrected chi connectivity index (χ2v) is 7.02. The molecule has 1 aliphatic rings. The average Bonchev–Trinajstić information content (AvgIpc) is 2.51. The number of nitrogens with one attached hydrogen (secondary N) is 1. The number of aryl methyl sites for hydroxylation is 2. The zero-order valence-electron chi connectivity index (χ0n) is 12.9. The number of hydrogen-bond acceptors (Lipinski definition) is 2. The fraction of sp³-hybridized carbons (Fsp3) is 0.368. The van der Waals surface area contributed by atoms with Crippen LogP contribution in [0.5, 0.6) is 0 Å². The maximum absolute atomic E-state index is 3.46.